The summed E-state index contributed by atoms with van der Waals surface area (Å²) in [5.74, 6) is 0.561. The van der Waals surface area contributed by atoms with Gasteiger partial charge in [0.1, 0.15) is 5.69 Å². The number of hydrogen-bond donors (Lipinski definition) is 1. The molecule has 6 heteroatoms. The fourth-order valence-electron chi connectivity index (χ4n) is 3.15. The standard InChI is InChI=1S/C26H20Br2N4/c1-18-16-21(27)17-22(28)25(18)31-26(24-14-13-20-11-5-6-12-23(20)30-24)32-29-15-7-10-19-8-3-2-4-9-19/h2-17H,1H3,(H,31,32)/b10-7+,29-15+. The Balaban J connectivity index is 1.67. The van der Waals surface area contributed by atoms with Gasteiger partial charge in [0.25, 0.3) is 0 Å². The number of hydrogen-bond acceptors (Lipinski definition) is 3. The molecule has 4 aromatic rings. The SMILES string of the molecule is Cc1cc(Br)cc(Br)c1N=C(N/N=C/C=C/c1ccccc1)c1ccc2ccccc2n1. The van der Waals surface area contributed by atoms with E-state index in [9.17, 15) is 0 Å². The summed E-state index contributed by atoms with van der Waals surface area (Å²) >= 11 is 7.15. The lowest BCUT2D eigenvalue weighted by atomic mass is 10.2. The summed E-state index contributed by atoms with van der Waals surface area (Å²) in [5, 5.41) is 5.43. The number of amidine groups is 1. The highest BCUT2D eigenvalue weighted by molar-refractivity contribution is 9.11. The largest absolute Gasteiger partial charge is 0.260 e. The molecule has 0 amide bonds. The van der Waals surface area contributed by atoms with Crippen molar-refractivity contribution in [2.24, 2.45) is 10.1 Å². The summed E-state index contributed by atoms with van der Waals surface area (Å²) in [5.41, 5.74) is 7.65. The van der Waals surface area contributed by atoms with E-state index >= 15 is 0 Å². The molecule has 0 unspecified atom stereocenters. The first-order valence-corrected chi connectivity index (χ1v) is 11.6. The molecule has 4 rings (SSSR count). The first-order chi connectivity index (χ1) is 15.6. The van der Waals surface area contributed by atoms with E-state index in [2.05, 4.69) is 42.4 Å². The Bertz CT molecular complexity index is 1310. The van der Waals surface area contributed by atoms with Gasteiger partial charge >= 0.3 is 0 Å². The molecular weight excluding hydrogens is 528 g/mol. The molecule has 3 aromatic carbocycles. The van der Waals surface area contributed by atoms with Gasteiger partial charge in [0.2, 0.25) is 0 Å². The Morgan fingerprint density at radius 1 is 0.938 bits per heavy atom. The summed E-state index contributed by atoms with van der Waals surface area (Å²) in [6.07, 6.45) is 5.58. The quantitative estimate of drug-likeness (QED) is 0.160. The van der Waals surface area contributed by atoms with Crippen molar-refractivity contribution in [3.8, 4) is 0 Å². The number of allylic oxidation sites excluding steroid dienone is 1. The summed E-state index contributed by atoms with van der Waals surface area (Å²) < 4.78 is 1.88. The molecular formula is C26H20Br2N4. The van der Waals surface area contributed by atoms with E-state index in [4.69, 9.17) is 9.98 Å². The van der Waals surface area contributed by atoms with Crippen LogP contribution in [0.4, 0.5) is 5.69 Å². The van der Waals surface area contributed by atoms with E-state index in [0.29, 0.717) is 11.5 Å². The van der Waals surface area contributed by atoms with E-state index < -0.39 is 0 Å². The minimum Gasteiger partial charge on any atom is -0.260 e. The normalized spacial score (nSPS) is 12.2. The Morgan fingerprint density at radius 3 is 2.53 bits per heavy atom. The number of benzene rings is 3. The third-order valence-electron chi connectivity index (χ3n) is 4.70. The zero-order chi connectivity index (χ0) is 22.3. The number of rotatable bonds is 5. The van der Waals surface area contributed by atoms with E-state index in [1.807, 2.05) is 97.9 Å². The Hall–Kier alpha value is -3.09. The Morgan fingerprint density at radius 2 is 1.72 bits per heavy atom. The zero-order valence-corrected chi connectivity index (χ0v) is 20.5. The van der Waals surface area contributed by atoms with Gasteiger partial charge < -0.3 is 0 Å². The number of aryl methyl sites for hydroxylation is 1. The van der Waals surface area contributed by atoms with Crippen molar-refractivity contribution < 1.29 is 0 Å². The first-order valence-electron chi connectivity index (χ1n) is 10.0. The second-order valence-corrected chi connectivity index (χ2v) is 8.83. The third-order valence-corrected chi connectivity index (χ3v) is 5.77. The van der Waals surface area contributed by atoms with Crippen molar-refractivity contribution in [3.05, 3.63) is 111 Å². The number of pyridine rings is 1. The number of para-hydroxylation sites is 1. The molecule has 158 valence electrons. The number of hydrazone groups is 1. The average Bonchev–Trinajstić information content (AvgIpc) is 2.80. The van der Waals surface area contributed by atoms with Crippen molar-refractivity contribution in [1.82, 2.24) is 10.4 Å². The first kappa shape index (κ1) is 22.1. The molecule has 0 saturated carbocycles. The lowest BCUT2D eigenvalue weighted by Gasteiger charge is -2.10. The maximum atomic E-state index is 4.87. The van der Waals surface area contributed by atoms with Gasteiger partial charge in [-0.05, 0) is 64.3 Å². The van der Waals surface area contributed by atoms with Gasteiger partial charge in [0, 0.05) is 20.5 Å². The van der Waals surface area contributed by atoms with Crippen LogP contribution in [0.5, 0.6) is 0 Å². The fourth-order valence-corrected chi connectivity index (χ4v) is 4.67. The van der Waals surface area contributed by atoms with Crippen molar-refractivity contribution in [2.75, 3.05) is 0 Å². The average molecular weight is 548 g/mol. The number of aromatic nitrogens is 1. The van der Waals surface area contributed by atoms with Crippen LogP contribution < -0.4 is 5.43 Å². The highest BCUT2D eigenvalue weighted by Gasteiger charge is 2.10. The molecule has 0 atom stereocenters. The van der Waals surface area contributed by atoms with Crippen molar-refractivity contribution >= 4 is 66.6 Å². The second-order valence-electron chi connectivity index (χ2n) is 7.06. The lowest BCUT2D eigenvalue weighted by Crippen LogP contribution is -2.20. The van der Waals surface area contributed by atoms with Crippen LogP contribution in [-0.2, 0) is 0 Å². The molecule has 0 bridgehead atoms. The molecule has 0 aliphatic carbocycles. The molecule has 0 aliphatic heterocycles. The van der Waals surface area contributed by atoms with E-state index in [1.54, 1.807) is 6.21 Å². The van der Waals surface area contributed by atoms with E-state index in [1.165, 1.54) is 0 Å². The van der Waals surface area contributed by atoms with Crippen molar-refractivity contribution in [2.45, 2.75) is 6.92 Å². The molecule has 1 aromatic heterocycles. The van der Waals surface area contributed by atoms with Gasteiger partial charge in [-0.2, -0.15) is 5.10 Å². The van der Waals surface area contributed by atoms with E-state index in [-0.39, 0.29) is 0 Å². The topological polar surface area (TPSA) is 49.6 Å². The number of nitrogens with zero attached hydrogens (tertiary/aromatic N) is 3. The van der Waals surface area contributed by atoms with Gasteiger partial charge in [-0.3, -0.25) is 5.43 Å². The molecule has 0 radical (unpaired) electrons. The number of halogens is 2. The monoisotopic (exact) mass is 546 g/mol. The molecule has 1 N–H and O–H groups in total. The summed E-state index contributed by atoms with van der Waals surface area (Å²) in [6, 6.07) is 26.1. The van der Waals surface area contributed by atoms with Crippen LogP contribution in [-0.4, -0.2) is 17.0 Å². The van der Waals surface area contributed by atoms with Crippen LogP contribution in [0, 0.1) is 6.92 Å². The van der Waals surface area contributed by atoms with Gasteiger partial charge in [-0.1, -0.05) is 76.6 Å². The predicted molar refractivity (Wildman–Crippen MR) is 142 cm³/mol. The summed E-state index contributed by atoms with van der Waals surface area (Å²) in [7, 11) is 0. The lowest BCUT2D eigenvalue weighted by molar-refractivity contribution is 1.02. The zero-order valence-electron chi connectivity index (χ0n) is 17.3. The number of fused-ring (bicyclic) bond motifs is 1. The molecule has 32 heavy (non-hydrogen) atoms. The van der Waals surface area contributed by atoms with Crippen LogP contribution in [0.3, 0.4) is 0 Å². The molecule has 1 heterocycles. The van der Waals surface area contributed by atoms with Gasteiger partial charge in [0.05, 0.1) is 11.2 Å². The third kappa shape index (κ3) is 5.58. The highest BCUT2D eigenvalue weighted by atomic mass is 79.9. The maximum Gasteiger partial charge on any atom is 0.173 e. The molecule has 0 aliphatic rings. The summed E-state index contributed by atoms with van der Waals surface area (Å²) in [6.45, 7) is 2.02. The Kier molecular flexibility index (Phi) is 7.24. The molecule has 0 fully saturated rings. The van der Waals surface area contributed by atoms with Crippen LogP contribution in [0.1, 0.15) is 16.8 Å². The fraction of sp³-hybridized carbons (Fsp3) is 0.0385. The van der Waals surface area contributed by atoms with Crippen molar-refractivity contribution in [3.63, 3.8) is 0 Å². The maximum absolute atomic E-state index is 4.87. The van der Waals surface area contributed by atoms with Crippen LogP contribution >= 0.6 is 31.9 Å². The van der Waals surface area contributed by atoms with Crippen molar-refractivity contribution in [1.29, 1.82) is 0 Å². The van der Waals surface area contributed by atoms with Gasteiger partial charge in [-0.15, -0.1) is 0 Å². The minimum absolute atomic E-state index is 0.561. The molecule has 4 nitrogen and oxygen atoms in total. The number of nitrogens with one attached hydrogen (secondary N) is 1. The second kappa shape index (κ2) is 10.5. The molecule has 0 spiro atoms. The van der Waals surface area contributed by atoms with E-state index in [0.717, 1.165) is 36.7 Å². The van der Waals surface area contributed by atoms with Gasteiger partial charge in [0.15, 0.2) is 5.84 Å². The van der Waals surface area contributed by atoms with Crippen LogP contribution in [0.2, 0.25) is 0 Å². The van der Waals surface area contributed by atoms with Crippen LogP contribution in [0.15, 0.2) is 104 Å². The smallest absolute Gasteiger partial charge is 0.173 e. The predicted octanol–water partition coefficient (Wildman–Crippen LogP) is 7.44. The highest BCUT2D eigenvalue weighted by Crippen LogP contribution is 2.33. The Labute approximate surface area is 204 Å². The van der Waals surface area contributed by atoms with Gasteiger partial charge in [-0.25, -0.2) is 9.98 Å². The van der Waals surface area contributed by atoms with Crippen LogP contribution in [0.25, 0.3) is 17.0 Å². The number of aliphatic imine (C=N–C) groups is 1. The molecule has 0 saturated heterocycles. The minimum atomic E-state index is 0.561. The summed E-state index contributed by atoms with van der Waals surface area (Å²) in [4.78, 5) is 9.65.